The van der Waals surface area contributed by atoms with Crippen LogP contribution in [0.15, 0.2) is 0 Å². The van der Waals surface area contributed by atoms with Gasteiger partial charge in [-0.2, -0.15) is 0 Å². The van der Waals surface area contributed by atoms with Crippen molar-refractivity contribution in [1.29, 1.82) is 0 Å². The Bertz CT molecular complexity index is 170. The highest BCUT2D eigenvalue weighted by atomic mass is 15.2. The van der Waals surface area contributed by atoms with Gasteiger partial charge in [0.2, 0.25) is 0 Å². The molecule has 1 heterocycles. The average Bonchev–Trinajstić information content (AvgIpc) is 2.29. The predicted octanol–water partition coefficient (Wildman–Crippen LogP) is 3.02. The van der Waals surface area contributed by atoms with E-state index in [2.05, 4.69) is 18.7 Å². The molecular weight excluding hydrogens is 196 g/mol. The second-order valence-corrected chi connectivity index (χ2v) is 5.37. The molecule has 2 N–H and O–H groups in total. The van der Waals surface area contributed by atoms with Crippen LogP contribution < -0.4 is 5.73 Å². The van der Waals surface area contributed by atoms with Gasteiger partial charge in [-0.3, -0.25) is 4.90 Å². The summed E-state index contributed by atoms with van der Waals surface area (Å²) in [7, 11) is 0. The van der Waals surface area contributed by atoms with Gasteiger partial charge in [0.25, 0.3) is 0 Å². The molecule has 2 unspecified atom stereocenters. The van der Waals surface area contributed by atoms with Gasteiger partial charge in [-0.1, -0.05) is 39.5 Å². The van der Waals surface area contributed by atoms with Crippen LogP contribution in [0.1, 0.15) is 58.8 Å². The van der Waals surface area contributed by atoms with Crippen molar-refractivity contribution in [3.8, 4) is 0 Å². The Morgan fingerprint density at radius 3 is 2.62 bits per heavy atom. The molecule has 0 aliphatic carbocycles. The molecule has 0 aromatic rings. The van der Waals surface area contributed by atoms with E-state index in [9.17, 15) is 0 Å². The molecule has 1 fully saturated rings. The molecule has 1 rings (SSSR count). The number of unbranched alkanes of at least 4 members (excludes halogenated alkanes) is 4. The van der Waals surface area contributed by atoms with Gasteiger partial charge in [-0.15, -0.1) is 0 Å². The number of hydrogen-bond donors (Lipinski definition) is 1. The van der Waals surface area contributed by atoms with Gasteiger partial charge in [0, 0.05) is 12.6 Å². The Morgan fingerprint density at radius 1 is 1.19 bits per heavy atom. The fourth-order valence-electron chi connectivity index (χ4n) is 2.91. The van der Waals surface area contributed by atoms with E-state index in [1.54, 1.807) is 0 Å². The van der Waals surface area contributed by atoms with Gasteiger partial charge in [0.05, 0.1) is 0 Å². The summed E-state index contributed by atoms with van der Waals surface area (Å²) in [5.74, 6) is 0.800. The normalized spacial score (nSPS) is 27.2. The Balaban J connectivity index is 2.18. The molecular formula is C14H30N2. The van der Waals surface area contributed by atoms with E-state index < -0.39 is 0 Å². The lowest BCUT2D eigenvalue weighted by Crippen LogP contribution is -2.48. The number of nitrogens with two attached hydrogens (primary N) is 1. The minimum Gasteiger partial charge on any atom is -0.329 e. The van der Waals surface area contributed by atoms with Crippen LogP contribution >= 0.6 is 0 Å². The van der Waals surface area contributed by atoms with E-state index in [4.69, 9.17) is 5.73 Å². The molecule has 16 heavy (non-hydrogen) atoms. The molecule has 0 aromatic heterocycles. The number of piperidine rings is 1. The van der Waals surface area contributed by atoms with Gasteiger partial charge in [-0.05, 0) is 38.3 Å². The van der Waals surface area contributed by atoms with Crippen LogP contribution in [0.3, 0.4) is 0 Å². The van der Waals surface area contributed by atoms with Crippen LogP contribution in [0.5, 0.6) is 0 Å². The lowest BCUT2D eigenvalue weighted by molar-refractivity contribution is 0.104. The first-order chi connectivity index (χ1) is 7.79. The van der Waals surface area contributed by atoms with Crippen molar-refractivity contribution in [2.75, 3.05) is 19.6 Å². The second-order valence-electron chi connectivity index (χ2n) is 5.37. The minimum absolute atomic E-state index is 0.653. The fourth-order valence-corrected chi connectivity index (χ4v) is 2.91. The monoisotopic (exact) mass is 226 g/mol. The lowest BCUT2D eigenvalue weighted by atomic mass is 9.90. The van der Waals surface area contributed by atoms with Crippen molar-refractivity contribution < 1.29 is 0 Å². The van der Waals surface area contributed by atoms with Crippen molar-refractivity contribution >= 4 is 0 Å². The molecule has 1 aliphatic rings. The third-order valence-electron chi connectivity index (χ3n) is 4.02. The van der Waals surface area contributed by atoms with Crippen LogP contribution in [0.2, 0.25) is 0 Å². The van der Waals surface area contributed by atoms with E-state index in [0.29, 0.717) is 6.04 Å². The second kappa shape index (κ2) is 8.08. The Hall–Kier alpha value is -0.0800. The lowest BCUT2D eigenvalue weighted by Gasteiger charge is -2.39. The summed E-state index contributed by atoms with van der Waals surface area (Å²) in [6, 6.07) is 0.653. The number of nitrogens with zero attached hydrogens (tertiary/aromatic N) is 1. The molecule has 0 aromatic carbocycles. The van der Waals surface area contributed by atoms with E-state index in [1.807, 2.05) is 0 Å². The Morgan fingerprint density at radius 2 is 1.94 bits per heavy atom. The Kier molecular flexibility index (Phi) is 7.06. The maximum absolute atomic E-state index is 5.89. The van der Waals surface area contributed by atoms with Crippen molar-refractivity contribution in [3.05, 3.63) is 0 Å². The van der Waals surface area contributed by atoms with E-state index in [1.165, 1.54) is 58.0 Å². The van der Waals surface area contributed by atoms with Crippen molar-refractivity contribution in [2.45, 2.75) is 64.8 Å². The summed E-state index contributed by atoms with van der Waals surface area (Å²) in [6.45, 7) is 8.03. The molecule has 0 amide bonds. The largest absolute Gasteiger partial charge is 0.329 e. The number of rotatable bonds is 7. The zero-order chi connectivity index (χ0) is 11.8. The fraction of sp³-hybridized carbons (Fsp3) is 1.00. The van der Waals surface area contributed by atoms with Gasteiger partial charge in [0.15, 0.2) is 0 Å². The van der Waals surface area contributed by atoms with Crippen LogP contribution in [-0.4, -0.2) is 30.6 Å². The molecule has 0 bridgehead atoms. The molecule has 96 valence electrons. The zero-order valence-corrected chi connectivity index (χ0v) is 11.3. The Labute approximate surface area is 102 Å². The third-order valence-corrected chi connectivity index (χ3v) is 4.02. The molecule has 0 saturated carbocycles. The summed E-state index contributed by atoms with van der Waals surface area (Å²) in [5.41, 5.74) is 5.89. The van der Waals surface area contributed by atoms with Crippen molar-refractivity contribution in [3.63, 3.8) is 0 Å². The topological polar surface area (TPSA) is 29.3 Å². The first-order valence-corrected chi connectivity index (χ1v) is 7.23. The highest BCUT2D eigenvalue weighted by Crippen LogP contribution is 2.22. The van der Waals surface area contributed by atoms with Gasteiger partial charge in [0.1, 0.15) is 0 Å². The predicted molar refractivity (Wildman–Crippen MR) is 71.6 cm³/mol. The van der Waals surface area contributed by atoms with Gasteiger partial charge < -0.3 is 5.73 Å². The molecule has 2 heteroatoms. The maximum atomic E-state index is 5.89. The minimum atomic E-state index is 0.653. The molecule has 1 saturated heterocycles. The summed E-state index contributed by atoms with van der Waals surface area (Å²) in [5, 5.41) is 0. The highest BCUT2D eigenvalue weighted by molar-refractivity contribution is 4.82. The first-order valence-electron chi connectivity index (χ1n) is 7.23. The van der Waals surface area contributed by atoms with E-state index >= 15 is 0 Å². The SMILES string of the molecule is CCCCCCCN1CCCC(C)C1CN. The van der Waals surface area contributed by atoms with Gasteiger partial charge in [-0.25, -0.2) is 0 Å². The first kappa shape index (κ1) is 14.0. The smallest absolute Gasteiger partial charge is 0.0243 e. The summed E-state index contributed by atoms with van der Waals surface area (Å²) in [4.78, 5) is 2.64. The standard InChI is InChI=1S/C14H30N2/c1-3-4-5-6-7-10-16-11-8-9-13(2)14(16)12-15/h13-14H,3-12,15H2,1-2H3. The van der Waals surface area contributed by atoms with Crippen LogP contribution in [-0.2, 0) is 0 Å². The number of hydrogen-bond acceptors (Lipinski definition) is 2. The zero-order valence-electron chi connectivity index (χ0n) is 11.3. The molecule has 0 radical (unpaired) electrons. The molecule has 2 atom stereocenters. The number of likely N-dealkylation sites (tertiary alicyclic amines) is 1. The third kappa shape index (κ3) is 4.42. The van der Waals surface area contributed by atoms with E-state index in [0.717, 1.165) is 12.5 Å². The van der Waals surface area contributed by atoms with Crippen LogP contribution in [0.4, 0.5) is 0 Å². The maximum Gasteiger partial charge on any atom is 0.0243 e. The van der Waals surface area contributed by atoms with E-state index in [-0.39, 0.29) is 0 Å². The van der Waals surface area contributed by atoms with Gasteiger partial charge >= 0.3 is 0 Å². The van der Waals surface area contributed by atoms with Crippen molar-refractivity contribution in [1.82, 2.24) is 4.90 Å². The highest BCUT2D eigenvalue weighted by Gasteiger charge is 2.26. The summed E-state index contributed by atoms with van der Waals surface area (Å²) >= 11 is 0. The summed E-state index contributed by atoms with van der Waals surface area (Å²) < 4.78 is 0. The molecule has 2 nitrogen and oxygen atoms in total. The quantitative estimate of drug-likeness (QED) is 0.676. The average molecular weight is 226 g/mol. The van der Waals surface area contributed by atoms with Crippen molar-refractivity contribution in [2.24, 2.45) is 11.7 Å². The molecule has 0 spiro atoms. The summed E-state index contributed by atoms with van der Waals surface area (Å²) in [6.07, 6.45) is 9.65. The molecule has 1 aliphatic heterocycles. The van der Waals surface area contributed by atoms with Crippen LogP contribution in [0, 0.1) is 5.92 Å². The van der Waals surface area contributed by atoms with Crippen LogP contribution in [0.25, 0.3) is 0 Å².